The van der Waals surface area contributed by atoms with Gasteiger partial charge in [0, 0.05) is 5.56 Å². The Hall–Kier alpha value is -1.38. The number of rotatable bonds is 3. The summed E-state index contributed by atoms with van der Waals surface area (Å²) in [5, 5.41) is 9.08. The summed E-state index contributed by atoms with van der Waals surface area (Å²) in [6, 6.07) is 4.77. The van der Waals surface area contributed by atoms with E-state index in [9.17, 15) is 9.18 Å². The average Bonchev–Trinajstić information content (AvgIpc) is 2.99. The Morgan fingerprint density at radius 1 is 1.53 bits per heavy atom. The zero-order chi connectivity index (χ0) is 11.1. The molecule has 1 aliphatic rings. The van der Waals surface area contributed by atoms with Crippen molar-refractivity contribution in [3.05, 3.63) is 35.1 Å². The number of benzene rings is 1. The molecule has 0 aromatic heterocycles. The molecular weight excluding hydrogens is 195 g/mol. The third kappa shape index (κ3) is 1.52. The standard InChI is InChI=1S/C12H13FO2/c1-2-8-3-4-10(13)9(7-8)12(5-6-12)11(14)15/h3-4,7H,2,5-6H2,1H3,(H,14,15). The lowest BCUT2D eigenvalue weighted by Gasteiger charge is -2.12. The Balaban J connectivity index is 2.47. The third-order valence-electron chi connectivity index (χ3n) is 3.11. The third-order valence-corrected chi connectivity index (χ3v) is 3.11. The second-order valence-electron chi connectivity index (χ2n) is 4.06. The minimum Gasteiger partial charge on any atom is -0.481 e. The monoisotopic (exact) mass is 208 g/mol. The topological polar surface area (TPSA) is 37.3 Å². The number of aryl methyl sites for hydroxylation is 1. The molecule has 15 heavy (non-hydrogen) atoms. The molecule has 3 heteroatoms. The molecule has 1 N–H and O–H groups in total. The summed E-state index contributed by atoms with van der Waals surface area (Å²) < 4.78 is 13.5. The fraction of sp³-hybridized carbons (Fsp3) is 0.417. The van der Waals surface area contributed by atoms with Crippen LogP contribution < -0.4 is 0 Å². The summed E-state index contributed by atoms with van der Waals surface area (Å²) in [5.74, 6) is -1.30. The van der Waals surface area contributed by atoms with Crippen molar-refractivity contribution >= 4 is 5.97 Å². The van der Waals surface area contributed by atoms with E-state index in [-0.39, 0.29) is 0 Å². The van der Waals surface area contributed by atoms with E-state index < -0.39 is 17.2 Å². The summed E-state index contributed by atoms with van der Waals surface area (Å²) in [6.07, 6.45) is 1.89. The van der Waals surface area contributed by atoms with Gasteiger partial charge in [0.15, 0.2) is 0 Å². The highest BCUT2D eigenvalue weighted by Crippen LogP contribution is 2.49. The van der Waals surface area contributed by atoms with Crippen LogP contribution in [0.4, 0.5) is 4.39 Å². The van der Waals surface area contributed by atoms with E-state index in [0.717, 1.165) is 12.0 Å². The Morgan fingerprint density at radius 3 is 2.67 bits per heavy atom. The summed E-state index contributed by atoms with van der Waals surface area (Å²) in [6.45, 7) is 1.97. The van der Waals surface area contributed by atoms with Crippen molar-refractivity contribution < 1.29 is 14.3 Å². The molecule has 0 spiro atoms. The molecule has 0 atom stereocenters. The van der Waals surface area contributed by atoms with Crippen molar-refractivity contribution in [1.82, 2.24) is 0 Å². The summed E-state index contributed by atoms with van der Waals surface area (Å²) in [4.78, 5) is 11.1. The van der Waals surface area contributed by atoms with Crippen molar-refractivity contribution in [2.45, 2.75) is 31.6 Å². The van der Waals surface area contributed by atoms with Crippen LogP contribution in [0.3, 0.4) is 0 Å². The number of hydrogen-bond donors (Lipinski definition) is 1. The van der Waals surface area contributed by atoms with Crippen LogP contribution in [0, 0.1) is 5.82 Å². The molecular formula is C12H13FO2. The van der Waals surface area contributed by atoms with E-state index >= 15 is 0 Å². The van der Waals surface area contributed by atoms with E-state index in [1.54, 1.807) is 12.1 Å². The molecule has 80 valence electrons. The zero-order valence-corrected chi connectivity index (χ0v) is 8.59. The number of halogens is 1. The van der Waals surface area contributed by atoms with E-state index in [4.69, 9.17) is 5.11 Å². The van der Waals surface area contributed by atoms with E-state index in [1.807, 2.05) is 6.92 Å². The van der Waals surface area contributed by atoms with Crippen LogP contribution >= 0.6 is 0 Å². The van der Waals surface area contributed by atoms with Gasteiger partial charge in [0.1, 0.15) is 5.82 Å². The van der Waals surface area contributed by atoms with Crippen LogP contribution in [-0.2, 0) is 16.6 Å². The minimum atomic E-state index is -0.935. The van der Waals surface area contributed by atoms with Gasteiger partial charge in [-0.25, -0.2) is 4.39 Å². The van der Waals surface area contributed by atoms with Crippen LogP contribution in [0.15, 0.2) is 18.2 Å². The molecule has 2 rings (SSSR count). The second-order valence-corrected chi connectivity index (χ2v) is 4.06. The molecule has 1 fully saturated rings. The first-order chi connectivity index (χ1) is 7.10. The Kier molecular flexibility index (Phi) is 2.25. The molecule has 1 aliphatic carbocycles. The van der Waals surface area contributed by atoms with Gasteiger partial charge in [-0.15, -0.1) is 0 Å². The summed E-state index contributed by atoms with van der Waals surface area (Å²) >= 11 is 0. The number of aliphatic carboxylic acids is 1. The largest absolute Gasteiger partial charge is 0.481 e. The van der Waals surface area contributed by atoms with Crippen molar-refractivity contribution in [3.63, 3.8) is 0 Å². The SMILES string of the molecule is CCc1ccc(F)c(C2(C(=O)O)CC2)c1. The van der Waals surface area contributed by atoms with Gasteiger partial charge in [0.05, 0.1) is 5.41 Å². The molecule has 0 bridgehead atoms. The van der Waals surface area contributed by atoms with Crippen molar-refractivity contribution in [3.8, 4) is 0 Å². The van der Waals surface area contributed by atoms with Crippen LogP contribution in [-0.4, -0.2) is 11.1 Å². The average molecular weight is 208 g/mol. The second kappa shape index (κ2) is 3.33. The predicted octanol–water partition coefficient (Wildman–Crippen LogP) is 2.50. The zero-order valence-electron chi connectivity index (χ0n) is 8.59. The molecule has 1 saturated carbocycles. The van der Waals surface area contributed by atoms with Crippen LogP contribution in [0.25, 0.3) is 0 Å². The van der Waals surface area contributed by atoms with Gasteiger partial charge in [-0.2, -0.15) is 0 Å². The van der Waals surface area contributed by atoms with Crippen LogP contribution in [0.1, 0.15) is 30.9 Å². The summed E-state index contributed by atoms with van der Waals surface area (Å²) in [5.41, 5.74) is 0.406. The molecule has 0 amide bonds. The van der Waals surface area contributed by atoms with Crippen molar-refractivity contribution in [1.29, 1.82) is 0 Å². The minimum absolute atomic E-state index is 0.356. The van der Waals surface area contributed by atoms with Gasteiger partial charge < -0.3 is 5.11 Å². The Morgan fingerprint density at radius 2 is 2.20 bits per heavy atom. The van der Waals surface area contributed by atoms with Crippen molar-refractivity contribution in [2.75, 3.05) is 0 Å². The highest BCUT2D eigenvalue weighted by molar-refractivity contribution is 5.85. The maximum absolute atomic E-state index is 13.5. The first-order valence-electron chi connectivity index (χ1n) is 5.12. The Labute approximate surface area is 87.7 Å². The van der Waals surface area contributed by atoms with E-state index in [1.165, 1.54) is 6.07 Å². The fourth-order valence-electron chi connectivity index (χ4n) is 1.88. The molecule has 0 aliphatic heterocycles. The smallest absolute Gasteiger partial charge is 0.314 e. The molecule has 0 heterocycles. The lowest BCUT2D eigenvalue weighted by molar-refractivity contribution is -0.140. The lowest BCUT2D eigenvalue weighted by Crippen LogP contribution is -2.21. The number of carboxylic acid groups (broad SMARTS) is 1. The van der Waals surface area contributed by atoms with Crippen LogP contribution in [0.5, 0.6) is 0 Å². The fourth-order valence-corrected chi connectivity index (χ4v) is 1.88. The van der Waals surface area contributed by atoms with E-state index in [2.05, 4.69) is 0 Å². The molecule has 0 unspecified atom stereocenters. The van der Waals surface area contributed by atoms with E-state index in [0.29, 0.717) is 18.4 Å². The maximum atomic E-state index is 13.5. The van der Waals surface area contributed by atoms with Gasteiger partial charge in [0.2, 0.25) is 0 Å². The molecule has 2 nitrogen and oxygen atoms in total. The number of carbonyl (C=O) groups is 1. The molecule has 1 aromatic rings. The molecule has 0 saturated heterocycles. The van der Waals surface area contributed by atoms with Gasteiger partial charge in [-0.1, -0.05) is 19.1 Å². The predicted molar refractivity (Wildman–Crippen MR) is 54.3 cm³/mol. The van der Waals surface area contributed by atoms with Crippen LogP contribution in [0.2, 0.25) is 0 Å². The summed E-state index contributed by atoms with van der Waals surface area (Å²) in [7, 11) is 0. The molecule has 0 radical (unpaired) electrons. The van der Waals surface area contributed by atoms with Gasteiger partial charge in [-0.05, 0) is 30.9 Å². The normalized spacial score (nSPS) is 17.5. The first-order valence-corrected chi connectivity index (χ1v) is 5.12. The van der Waals surface area contributed by atoms with Crippen molar-refractivity contribution in [2.24, 2.45) is 0 Å². The van der Waals surface area contributed by atoms with Gasteiger partial charge in [0.25, 0.3) is 0 Å². The lowest BCUT2D eigenvalue weighted by atomic mass is 9.93. The van der Waals surface area contributed by atoms with Gasteiger partial charge >= 0.3 is 5.97 Å². The molecule has 1 aromatic carbocycles. The number of hydrogen-bond acceptors (Lipinski definition) is 1. The van der Waals surface area contributed by atoms with Gasteiger partial charge in [-0.3, -0.25) is 4.79 Å². The Bertz CT molecular complexity index is 408. The highest BCUT2D eigenvalue weighted by Gasteiger charge is 2.53. The maximum Gasteiger partial charge on any atom is 0.314 e. The first kappa shape index (κ1) is 10.1. The highest BCUT2D eigenvalue weighted by atomic mass is 19.1. The quantitative estimate of drug-likeness (QED) is 0.828. The number of carboxylic acids is 1.